The van der Waals surface area contributed by atoms with Crippen molar-refractivity contribution in [3.05, 3.63) is 59.0 Å². The molecule has 2 heterocycles. The number of unbranched alkanes of at least 4 members (excludes halogenated alkanes) is 2. The van der Waals surface area contributed by atoms with Crippen LogP contribution in [0.25, 0.3) is 11.3 Å². The highest BCUT2D eigenvalue weighted by molar-refractivity contribution is 7.99. The zero-order valence-corrected chi connectivity index (χ0v) is 23.5. The van der Waals surface area contributed by atoms with Crippen LogP contribution in [-0.4, -0.2) is 72.3 Å². The van der Waals surface area contributed by atoms with Crippen molar-refractivity contribution >= 4 is 34.1 Å². The summed E-state index contributed by atoms with van der Waals surface area (Å²) in [4.78, 5) is 8.74. The topological polar surface area (TPSA) is 105 Å². The molecule has 1 fully saturated rings. The first kappa shape index (κ1) is 28.1. The summed E-state index contributed by atoms with van der Waals surface area (Å²) < 4.78 is 11.7. The number of hydrogen-bond acceptors (Lipinski definition) is 9. The molecule has 38 heavy (non-hydrogen) atoms. The van der Waals surface area contributed by atoms with E-state index in [1.165, 1.54) is 29.5 Å². The van der Waals surface area contributed by atoms with E-state index >= 15 is 0 Å². The molecule has 0 aliphatic carbocycles. The number of aromatic nitrogens is 1. The molecule has 204 valence electrons. The summed E-state index contributed by atoms with van der Waals surface area (Å²) in [5.74, 6) is 4.21. The van der Waals surface area contributed by atoms with Gasteiger partial charge < -0.3 is 30.6 Å². The summed E-state index contributed by atoms with van der Waals surface area (Å²) >= 11 is 3.81. The van der Waals surface area contributed by atoms with Crippen LogP contribution >= 0.6 is 23.1 Å². The zero-order valence-electron chi connectivity index (χ0n) is 21.9. The van der Waals surface area contributed by atoms with Gasteiger partial charge >= 0.3 is 0 Å². The van der Waals surface area contributed by atoms with Crippen molar-refractivity contribution in [2.75, 3.05) is 56.7 Å². The Balaban J connectivity index is 1.17. The SMILES string of the molecule is CNc1nc(-c2ccc(OCCCCCOc3ccc(C(N)=NO)cc3)cc2)c(CCN2CCSCC2)s1. The van der Waals surface area contributed by atoms with Gasteiger partial charge in [-0.3, -0.25) is 0 Å². The monoisotopic (exact) mass is 555 g/mol. The molecule has 0 bridgehead atoms. The van der Waals surface area contributed by atoms with Gasteiger partial charge in [0.25, 0.3) is 0 Å². The molecule has 1 aliphatic rings. The molecule has 0 spiro atoms. The fourth-order valence-electron chi connectivity index (χ4n) is 4.19. The van der Waals surface area contributed by atoms with E-state index in [0.29, 0.717) is 18.8 Å². The van der Waals surface area contributed by atoms with Gasteiger partial charge in [-0.1, -0.05) is 5.16 Å². The summed E-state index contributed by atoms with van der Waals surface area (Å²) in [6, 6.07) is 15.5. The molecule has 2 aromatic carbocycles. The predicted octanol–water partition coefficient (Wildman–Crippen LogP) is 5.17. The van der Waals surface area contributed by atoms with Crippen molar-refractivity contribution in [1.29, 1.82) is 0 Å². The smallest absolute Gasteiger partial charge is 0.183 e. The van der Waals surface area contributed by atoms with Crippen molar-refractivity contribution < 1.29 is 14.7 Å². The molecule has 0 amide bonds. The number of amidine groups is 1. The summed E-state index contributed by atoms with van der Waals surface area (Å²) in [6.45, 7) is 4.77. The van der Waals surface area contributed by atoms with E-state index in [1.807, 2.05) is 43.1 Å². The predicted molar refractivity (Wildman–Crippen MR) is 158 cm³/mol. The Kier molecular flexibility index (Phi) is 11.0. The molecule has 3 aromatic rings. The van der Waals surface area contributed by atoms with Gasteiger partial charge in [-0.25, -0.2) is 4.98 Å². The van der Waals surface area contributed by atoms with Crippen LogP contribution in [0.1, 0.15) is 29.7 Å². The van der Waals surface area contributed by atoms with E-state index < -0.39 is 0 Å². The molecule has 4 rings (SSSR count). The summed E-state index contributed by atoms with van der Waals surface area (Å²) in [7, 11) is 1.93. The quantitative estimate of drug-likeness (QED) is 0.0823. The molecular weight excluding hydrogens is 518 g/mol. The van der Waals surface area contributed by atoms with Crippen LogP contribution in [0.3, 0.4) is 0 Å². The van der Waals surface area contributed by atoms with Crippen molar-refractivity contribution in [1.82, 2.24) is 9.88 Å². The third-order valence-corrected chi connectivity index (χ3v) is 8.46. The average Bonchev–Trinajstić information content (AvgIpc) is 3.40. The number of rotatable bonds is 14. The molecule has 0 unspecified atom stereocenters. The standard InChI is InChI=1S/C28H37N5O3S2/c1-30-28-31-26(25(38-28)13-14-33-15-19-37-20-16-33)21-5-9-23(10-6-21)35-17-3-2-4-18-36-24-11-7-22(8-12-24)27(29)32-34/h5-12,34H,2-4,13-20H2,1H3,(H2,29,32)(H,30,31). The molecular formula is C28H37N5O3S2. The number of thiazole rings is 1. The molecule has 1 aliphatic heterocycles. The third-order valence-electron chi connectivity index (χ3n) is 6.38. The number of ether oxygens (including phenoxy) is 2. The Morgan fingerprint density at radius 3 is 2.24 bits per heavy atom. The van der Waals surface area contributed by atoms with E-state index in [4.69, 9.17) is 25.4 Å². The maximum Gasteiger partial charge on any atom is 0.183 e. The van der Waals surface area contributed by atoms with Gasteiger partial charge in [0.2, 0.25) is 0 Å². The average molecular weight is 556 g/mol. The zero-order chi connectivity index (χ0) is 26.6. The van der Waals surface area contributed by atoms with E-state index in [1.54, 1.807) is 23.5 Å². The van der Waals surface area contributed by atoms with Crippen molar-refractivity contribution in [3.8, 4) is 22.8 Å². The lowest BCUT2D eigenvalue weighted by Crippen LogP contribution is -2.34. The van der Waals surface area contributed by atoms with Gasteiger partial charge in [-0.05, 0) is 74.2 Å². The summed E-state index contributed by atoms with van der Waals surface area (Å²) in [6.07, 6.45) is 3.95. The number of oxime groups is 1. The molecule has 4 N–H and O–H groups in total. The molecule has 10 heteroatoms. The number of nitrogens with two attached hydrogens (primary N) is 1. The third kappa shape index (κ3) is 8.28. The minimum absolute atomic E-state index is 0.0876. The molecule has 0 atom stereocenters. The Morgan fingerprint density at radius 1 is 1.00 bits per heavy atom. The van der Waals surface area contributed by atoms with Crippen LogP contribution in [-0.2, 0) is 6.42 Å². The second-order valence-corrected chi connectivity index (χ2v) is 11.3. The Hall–Kier alpha value is -2.95. The van der Waals surface area contributed by atoms with E-state index in [-0.39, 0.29) is 5.84 Å². The van der Waals surface area contributed by atoms with Gasteiger partial charge in [-0.2, -0.15) is 11.8 Å². The molecule has 1 saturated heterocycles. The Bertz CT molecular complexity index is 1150. The van der Waals surface area contributed by atoms with Gasteiger partial charge in [0.1, 0.15) is 11.5 Å². The summed E-state index contributed by atoms with van der Waals surface area (Å²) in [5, 5.41) is 15.9. The van der Waals surface area contributed by atoms with Crippen LogP contribution in [0.15, 0.2) is 53.7 Å². The van der Waals surface area contributed by atoms with Crippen molar-refractivity contribution in [2.45, 2.75) is 25.7 Å². The summed E-state index contributed by atoms with van der Waals surface area (Å²) in [5.41, 5.74) is 8.45. The first-order chi connectivity index (χ1) is 18.7. The highest BCUT2D eigenvalue weighted by atomic mass is 32.2. The van der Waals surface area contributed by atoms with E-state index in [2.05, 4.69) is 27.5 Å². The first-order valence-electron chi connectivity index (χ1n) is 13.1. The maximum atomic E-state index is 8.72. The lowest BCUT2D eigenvalue weighted by molar-refractivity contribution is 0.279. The lowest BCUT2D eigenvalue weighted by Gasteiger charge is -2.25. The second-order valence-electron chi connectivity index (χ2n) is 9.04. The number of anilines is 1. The van der Waals surface area contributed by atoms with Crippen LogP contribution in [0, 0.1) is 0 Å². The second kappa shape index (κ2) is 14.8. The fraction of sp³-hybridized carbons (Fsp3) is 0.429. The number of nitrogens with one attached hydrogen (secondary N) is 1. The van der Waals surface area contributed by atoms with Crippen LogP contribution in [0.2, 0.25) is 0 Å². The minimum Gasteiger partial charge on any atom is -0.494 e. The highest BCUT2D eigenvalue weighted by Crippen LogP contribution is 2.32. The van der Waals surface area contributed by atoms with Gasteiger partial charge in [0, 0.05) is 54.2 Å². The normalized spacial score (nSPS) is 14.4. The van der Waals surface area contributed by atoms with Crippen molar-refractivity contribution in [2.24, 2.45) is 10.9 Å². The molecule has 0 saturated carbocycles. The van der Waals surface area contributed by atoms with Crippen LogP contribution in [0.5, 0.6) is 11.5 Å². The van der Waals surface area contributed by atoms with Crippen LogP contribution in [0.4, 0.5) is 5.13 Å². The molecule has 1 aromatic heterocycles. The number of nitrogens with zero attached hydrogens (tertiary/aromatic N) is 3. The minimum atomic E-state index is 0.0876. The van der Waals surface area contributed by atoms with E-state index in [9.17, 15) is 0 Å². The highest BCUT2D eigenvalue weighted by Gasteiger charge is 2.16. The molecule has 8 nitrogen and oxygen atoms in total. The number of thioether (sulfide) groups is 1. The largest absolute Gasteiger partial charge is 0.494 e. The number of benzene rings is 2. The van der Waals surface area contributed by atoms with Crippen LogP contribution < -0.4 is 20.5 Å². The molecule has 0 radical (unpaired) electrons. The lowest BCUT2D eigenvalue weighted by atomic mass is 10.1. The van der Waals surface area contributed by atoms with Crippen molar-refractivity contribution in [3.63, 3.8) is 0 Å². The Labute approximate surface area is 233 Å². The maximum absolute atomic E-state index is 8.72. The van der Waals surface area contributed by atoms with E-state index in [0.717, 1.165) is 60.1 Å². The van der Waals surface area contributed by atoms with Gasteiger partial charge in [0.05, 0.1) is 18.9 Å². The van der Waals surface area contributed by atoms with Gasteiger partial charge in [0.15, 0.2) is 11.0 Å². The number of hydrogen-bond donors (Lipinski definition) is 3. The fourth-order valence-corrected chi connectivity index (χ4v) is 6.09. The Morgan fingerprint density at radius 2 is 1.63 bits per heavy atom. The van der Waals surface area contributed by atoms with Gasteiger partial charge in [-0.15, -0.1) is 11.3 Å². The first-order valence-corrected chi connectivity index (χ1v) is 15.0.